The third-order valence-electron chi connectivity index (χ3n) is 2.93. The van der Waals surface area contributed by atoms with Crippen molar-refractivity contribution in [3.63, 3.8) is 0 Å². The van der Waals surface area contributed by atoms with Gasteiger partial charge >= 0.3 is 0 Å². The summed E-state index contributed by atoms with van der Waals surface area (Å²) in [5.41, 5.74) is 8.73. The van der Waals surface area contributed by atoms with E-state index in [2.05, 4.69) is 26.1 Å². The number of nitrogens with one attached hydrogen (secondary N) is 1. The number of carbonyl (C=O) groups excluding carboxylic acids is 1. The monoisotopic (exact) mass is 347 g/mol. The van der Waals surface area contributed by atoms with Crippen molar-refractivity contribution in [1.82, 2.24) is 4.90 Å². The van der Waals surface area contributed by atoms with Crippen molar-refractivity contribution < 1.29 is 4.79 Å². The number of halogens is 1. The Bertz CT molecular complexity index is 635. The van der Waals surface area contributed by atoms with Crippen molar-refractivity contribution >= 4 is 33.2 Å². The summed E-state index contributed by atoms with van der Waals surface area (Å²) >= 11 is 3.35. The lowest BCUT2D eigenvalue weighted by Crippen LogP contribution is -2.16. The zero-order valence-corrected chi connectivity index (χ0v) is 13.6. The Hall–Kier alpha value is -1.85. The summed E-state index contributed by atoms with van der Waals surface area (Å²) in [5, 5.41) is 2.94. The van der Waals surface area contributed by atoms with E-state index in [-0.39, 0.29) is 5.91 Å². The number of hydrogen-bond donors (Lipinski definition) is 2. The number of amides is 1. The Morgan fingerprint density at radius 1 is 1.24 bits per heavy atom. The summed E-state index contributed by atoms with van der Waals surface area (Å²) in [5.74, 6) is -0.172. The topological polar surface area (TPSA) is 58.4 Å². The van der Waals surface area contributed by atoms with Gasteiger partial charge in [-0.3, -0.25) is 4.79 Å². The number of carbonyl (C=O) groups is 1. The van der Waals surface area contributed by atoms with Crippen molar-refractivity contribution in [2.45, 2.75) is 6.54 Å². The molecule has 1 amide bonds. The molecule has 0 aliphatic heterocycles. The van der Waals surface area contributed by atoms with Crippen molar-refractivity contribution in [1.29, 1.82) is 0 Å². The molecule has 0 radical (unpaired) electrons. The zero-order valence-electron chi connectivity index (χ0n) is 12.1. The Kier molecular flexibility index (Phi) is 4.98. The number of para-hydroxylation sites is 1. The molecule has 2 rings (SSSR count). The first-order chi connectivity index (χ1) is 9.95. The summed E-state index contributed by atoms with van der Waals surface area (Å²) in [4.78, 5) is 14.4. The van der Waals surface area contributed by atoms with Crippen LogP contribution in [0.1, 0.15) is 15.9 Å². The first-order valence-corrected chi connectivity index (χ1v) is 7.35. The minimum Gasteiger partial charge on any atom is -0.399 e. The summed E-state index contributed by atoms with van der Waals surface area (Å²) in [6, 6.07) is 12.9. The van der Waals surface area contributed by atoms with Crippen LogP contribution in [0.3, 0.4) is 0 Å². The minimum absolute atomic E-state index is 0.172. The van der Waals surface area contributed by atoms with E-state index in [4.69, 9.17) is 5.73 Å². The lowest BCUT2D eigenvalue weighted by Gasteiger charge is -2.15. The normalized spacial score (nSPS) is 10.7. The Morgan fingerprint density at radius 3 is 2.62 bits per heavy atom. The summed E-state index contributed by atoms with van der Waals surface area (Å²) in [7, 11) is 3.99. The van der Waals surface area contributed by atoms with Crippen molar-refractivity contribution in [2.75, 3.05) is 25.1 Å². The third kappa shape index (κ3) is 4.31. The zero-order chi connectivity index (χ0) is 15.4. The van der Waals surface area contributed by atoms with Crippen molar-refractivity contribution in [3.8, 4) is 0 Å². The maximum Gasteiger partial charge on any atom is 0.255 e. The molecule has 5 heteroatoms. The molecule has 0 fully saturated rings. The Morgan fingerprint density at radius 2 is 1.95 bits per heavy atom. The van der Waals surface area contributed by atoms with Gasteiger partial charge in [-0.25, -0.2) is 0 Å². The highest BCUT2D eigenvalue weighted by Gasteiger charge is 2.10. The molecule has 2 aromatic rings. The lowest BCUT2D eigenvalue weighted by molar-refractivity contribution is 0.102. The van der Waals surface area contributed by atoms with Crippen LogP contribution in [0.25, 0.3) is 0 Å². The first-order valence-electron chi connectivity index (χ1n) is 6.56. The van der Waals surface area contributed by atoms with Gasteiger partial charge in [0.15, 0.2) is 0 Å². The van der Waals surface area contributed by atoms with Gasteiger partial charge < -0.3 is 16.0 Å². The molecule has 3 N–H and O–H groups in total. The van der Waals surface area contributed by atoms with E-state index in [0.717, 1.165) is 22.3 Å². The van der Waals surface area contributed by atoms with E-state index >= 15 is 0 Å². The predicted octanol–water partition coefficient (Wildman–Crippen LogP) is 3.35. The molecule has 0 aromatic heterocycles. The number of benzene rings is 2. The smallest absolute Gasteiger partial charge is 0.255 e. The molecule has 0 spiro atoms. The summed E-state index contributed by atoms with van der Waals surface area (Å²) in [6.45, 7) is 0.761. The number of nitrogens with two attached hydrogens (primary N) is 1. The summed E-state index contributed by atoms with van der Waals surface area (Å²) < 4.78 is 0.786. The average molecular weight is 348 g/mol. The van der Waals surface area contributed by atoms with Gasteiger partial charge in [0.2, 0.25) is 0 Å². The van der Waals surface area contributed by atoms with E-state index in [1.807, 2.05) is 38.4 Å². The largest absolute Gasteiger partial charge is 0.399 e. The van der Waals surface area contributed by atoms with E-state index in [1.165, 1.54) is 0 Å². The molecular weight excluding hydrogens is 330 g/mol. The maximum absolute atomic E-state index is 12.4. The highest BCUT2D eigenvalue weighted by atomic mass is 79.9. The molecule has 21 heavy (non-hydrogen) atoms. The number of nitrogens with zero attached hydrogens (tertiary/aromatic N) is 1. The quantitative estimate of drug-likeness (QED) is 0.833. The SMILES string of the molecule is CN(C)Cc1ccccc1NC(=O)c1cc(N)cc(Br)c1. The number of anilines is 2. The van der Waals surface area contributed by atoms with Crippen LogP contribution < -0.4 is 11.1 Å². The fourth-order valence-corrected chi connectivity index (χ4v) is 2.57. The first kappa shape index (κ1) is 15.5. The van der Waals surface area contributed by atoms with Gasteiger partial charge in [0.05, 0.1) is 0 Å². The van der Waals surface area contributed by atoms with Gasteiger partial charge in [-0.15, -0.1) is 0 Å². The van der Waals surface area contributed by atoms with E-state index in [1.54, 1.807) is 18.2 Å². The third-order valence-corrected chi connectivity index (χ3v) is 3.39. The van der Waals surface area contributed by atoms with Crippen LogP contribution in [-0.2, 0) is 6.54 Å². The molecule has 0 saturated carbocycles. The molecule has 0 bridgehead atoms. The van der Waals surface area contributed by atoms with Crippen LogP contribution in [0.4, 0.5) is 11.4 Å². The minimum atomic E-state index is -0.172. The van der Waals surface area contributed by atoms with Gasteiger partial charge in [-0.1, -0.05) is 34.1 Å². The van der Waals surface area contributed by atoms with Crippen LogP contribution in [0.5, 0.6) is 0 Å². The van der Waals surface area contributed by atoms with Crippen LogP contribution >= 0.6 is 15.9 Å². The molecule has 4 nitrogen and oxygen atoms in total. The lowest BCUT2D eigenvalue weighted by atomic mass is 10.1. The second-order valence-electron chi connectivity index (χ2n) is 5.12. The molecule has 0 saturated heterocycles. The maximum atomic E-state index is 12.4. The molecule has 0 unspecified atom stereocenters. The Labute approximate surface area is 133 Å². The molecule has 110 valence electrons. The number of hydrogen-bond acceptors (Lipinski definition) is 3. The van der Waals surface area contributed by atoms with Gasteiger partial charge in [0.25, 0.3) is 5.91 Å². The number of nitrogen functional groups attached to an aromatic ring is 1. The molecule has 0 aliphatic rings. The highest BCUT2D eigenvalue weighted by molar-refractivity contribution is 9.10. The molecule has 0 atom stereocenters. The van der Waals surface area contributed by atoms with Gasteiger partial charge in [0, 0.05) is 28.0 Å². The van der Waals surface area contributed by atoms with Crippen LogP contribution in [-0.4, -0.2) is 24.9 Å². The van der Waals surface area contributed by atoms with Gasteiger partial charge in [-0.2, -0.15) is 0 Å². The fourth-order valence-electron chi connectivity index (χ4n) is 2.06. The molecular formula is C16H18BrN3O. The molecule has 2 aromatic carbocycles. The highest BCUT2D eigenvalue weighted by Crippen LogP contribution is 2.20. The van der Waals surface area contributed by atoms with Crippen molar-refractivity contribution in [3.05, 3.63) is 58.1 Å². The summed E-state index contributed by atoms with van der Waals surface area (Å²) in [6.07, 6.45) is 0. The van der Waals surface area contributed by atoms with E-state index in [9.17, 15) is 4.79 Å². The van der Waals surface area contributed by atoms with Crippen molar-refractivity contribution in [2.24, 2.45) is 0 Å². The Balaban J connectivity index is 2.23. The van der Waals surface area contributed by atoms with Gasteiger partial charge in [0.1, 0.15) is 0 Å². The standard InChI is InChI=1S/C16H18BrN3O/c1-20(2)10-11-5-3-4-6-15(11)19-16(21)12-7-13(17)9-14(18)8-12/h3-9H,10,18H2,1-2H3,(H,19,21). The van der Waals surface area contributed by atoms with Crippen LogP contribution in [0.2, 0.25) is 0 Å². The van der Waals surface area contributed by atoms with Crippen LogP contribution in [0, 0.1) is 0 Å². The van der Waals surface area contributed by atoms with Crippen LogP contribution in [0.15, 0.2) is 46.9 Å². The molecule has 0 heterocycles. The second kappa shape index (κ2) is 6.74. The van der Waals surface area contributed by atoms with E-state index in [0.29, 0.717) is 11.3 Å². The van der Waals surface area contributed by atoms with Gasteiger partial charge in [-0.05, 0) is 43.9 Å². The average Bonchev–Trinajstić information content (AvgIpc) is 2.39. The molecule has 0 aliphatic carbocycles. The van der Waals surface area contributed by atoms with E-state index < -0.39 is 0 Å². The fraction of sp³-hybridized carbons (Fsp3) is 0.188. The predicted molar refractivity (Wildman–Crippen MR) is 90.3 cm³/mol. The number of rotatable bonds is 4. The second-order valence-corrected chi connectivity index (χ2v) is 6.04.